The average molecular weight is 287 g/mol. The molecule has 0 heterocycles. The Morgan fingerprint density at radius 2 is 2.11 bits per heavy atom. The number of hydrogen-bond acceptors (Lipinski definition) is 4. The van der Waals surface area contributed by atoms with E-state index in [0.29, 0.717) is 31.6 Å². The minimum atomic E-state index is -3.53. The van der Waals surface area contributed by atoms with Crippen LogP contribution < -0.4 is 4.72 Å². The Labute approximate surface area is 114 Å². The van der Waals surface area contributed by atoms with Crippen molar-refractivity contribution in [2.75, 3.05) is 20.3 Å². The summed E-state index contributed by atoms with van der Waals surface area (Å²) in [5.74, 6) is 0. The molecule has 0 saturated carbocycles. The molecule has 0 aliphatic rings. The van der Waals surface area contributed by atoms with E-state index in [4.69, 9.17) is 9.84 Å². The molecular formula is C13H21NO4S. The van der Waals surface area contributed by atoms with Gasteiger partial charge in [-0.15, -0.1) is 0 Å². The normalized spacial score (nSPS) is 11.7. The van der Waals surface area contributed by atoms with E-state index in [0.717, 1.165) is 5.56 Å². The number of rotatable bonds is 8. The number of sulfonamides is 1. The number of benzene rings is 1. The standard InChI is InChI=1S/C13H21NO4S/c1-3-12-6-5-11(10-15)9-13(12)19(16,17)14-7-4-8-18-2/h5-6,9,14-15H,3-4,7-8,10H2,1-2H3. The van der Waals surface area contributed by atoms with Crippen molar-refractivity contribution in [3.63, 3.8) is 0 Å². The van der Waals surface area contributed by atoms with Gasteiger partial charge >= 0.3 is 0 Å². The number of aliphatic hydroxyl groups is 1. The summed E-state index contributed by atoms with van der Waals surface area (Å²) in [4.78, 5) is 0.249. The summed E-state index contributed by atoms with van der Waals surface area (Å²) in [6.07, 6.45) is 1.25. The zero-order valence-corrected chi connectivity index (χ0v) is 12.2. The summed E-state index contributed by atoms with van der Waals surface area (Å²) in [6, 6.07) is 5.01. The van der Waals surface area contributed by atoms with Crippen molar-refractivity contribution in [3.8, 4) is 0 Å². The van der Waals surface area contributed by atoms with Gasteiger partial charge in [-0.05, 0) is 30.0 Å². The summed E-state index contributed by atoms with van der Waals surface area (Å²) < 4.78 is 31.8. The molecule has 2 N–H and O–H groups in total. The molecule has 0 saturated heterocycles. The van der Waals surface area contributed by atoms with Gasteiger partial charge in [0.25, 0.3) is 0 Å². The Hall–Kier alpha value is -0.950. The van der Waals surface area contributed by atoms with Gasteiger partial charge in [-0.2, -0.15) is 0 Å². The van der Waals surface area contributed by atoms with Gasteiger partial charge in [0.1, 0.15) is 0 Å². The molecule has 1 aromatic rings. The maximum Gasteiger partial charge on any atom is 0.240 e. The molecule has 0 amide bonds. The van der Waals surface area contributed by atoms with Crippen molar-refractivity contribution >= 4 is 10.0 Å². The van der Waals surface area contributed by atoms with Crippen LogP contribution >= 0.6 is 0 Å². The largest absolute Gasteiger partial charge is 0.392 e. The predicted molar refractivity (Wildman–Crippen MR) is 73.4 cm³/mol. The first-order valence-corrected chi connectivity index (χ1v) is 7.74. The fraction of sp³-hybridized carbons (Fsp3) is 0.538. The van der Waals surface area contributed by atoms with Gasteiger partial charge in [0.05, 0.1) is 11.5 Å². The van der Waals surface area contributed by atoms with E-state index in [2.05, 4.69) is 4.72 Å². The van der Waals surface area contributed by atoms with Gasteiger partial charge in [0, 0.05) is 20.3 Å². The van der Waals surface area contributed by atoms with Gasteiger partial charge in [-0.25, -0.2) is 13.1 Å². The molecule has 0 spiro atoms. The Morgan fingerprint density at radius 1 is 1.37 bits per heavy atom. The Kier molecular flexibility index (Phi) is 6.44. The average Bonchev–Trinajstić information content (AvgIpc) is 2.43. The van der Waals surface area contributed by atoms with E-state index in [1.54, 1.807) is 19.2 Å². The lowest BCUT2D eigenvalue weighted by Gasteiger charge is -2.11. The van der Waals surface area contributed by atoms with Gasteiger partial charge < -0.3 is 9.84 Å². The number of aliphatic hydroxyl groups excluding tert-OH is 1. The minimum Gasteiger partial charge on any atom is -0.392 e. The third-order valence-corrected chi connectivity index (χ3v) is 4.35. The van der Waals surface area contributed by atoms with Crippen molar-refractivity contribution in [3.05, 3.63) is 29.3 Å². The highest BCUT2D eigenvalue weighted by Crippen LogP contribution is 2.18. The van der Waals surface area contributed by atoms with Crippen LogP contribution in [-0.4, -0.2) is 33.8 Å². The van der Waals surface area contributed by atoms with Crippen LogP contribution in [0.25, 0.3) is 0 Å². The number of ether oxygens (including phenoxy) is 1. The van der Waals surface area contributed by atoms with Crippen LogP contribution in [0.2, 0.25) is 0 Å². The lowest BCUT2D eigenvalue weighted by molar-refractivity contribution is 0.196. The molecule has 5 nitrogen and oxygen atoms in total. The fourth-order valence-corrected chi connectivity index (χ4v) is 3.17. The number of methoxy groups -OCH3 is 1. The molecule has 0 aromatic heterocycles. The molecule has 19 heavy (non-hydrogen) atoms. The second-order valence-corrected chi connectivity index (χ2v) is 5.93. The minimum absolute atomic E-state index is 0.170. The maximum atomic E-state index is 12.2. The zero-order valence-electron chi connectivity index (χ0n) is 11.3. The predicted octanol–water partition coefficient (Wildman–Crippen LogP) is 1.06. The molecule has 6 heteroatoms. The molecule has 108 valence electrons. The fourth-order valence-electron chi connectivity index (χ4n) is 1.74. The molecule has 0 aliphatic carbocycles. The summed E-state index contributed by atoms with van der Waals surface area (Å²) in [5, 5.41) is 9.11. The highest BCUT2D eigenvalue weighted by Gasteiger charge is 2.17. The van der Waals surface area contributed by atoms with Crippen LogP contribution in [0, 0.1) is 0 Å². The molecule has 0 radical (unpaired) electrons. The summed E-state index contributed by atoms with van der Waals surface area (Å²) in [5.41, 5.74) is 1.34. The van der Waals surface area contributed by atoms with E-state index >= 15 is 0 Å². The van der Waals surface area contributed by atoms with Crippen LogP contribution in [0.5, 0.6) is 0 Å². The van der Waals surface area contributed by atoms with Crippen molar-refractivity contribution < 1.29 is 18.3 Å². The van der Waals surface area contributed by atoms with Crippen LogP contribution in [-0.2, 0) is 27.8 Å². The number of aryl methyl sites for hydroxylation is 1. The first-order chi connectivity index (χ1) is 9.05. The van der Waals surface area contributed by atoms with Crippen LogP contribution in [0.1, 0.15) is 24.5 Å². The molecule has 1 aromatic carbocycles. The first-order valence-electron chi connectivity index (χ1n) is 6.26. The van der Waals surface area contributed by atoms with Crippen LogP contribution in [0.4, 0.5) is 0 Å². The number of hydrogen-bond donors (Lipinski definition) is 2. The Bertz CT molecular complexity index is 499. The van der Waals surface area contributed by atoms with E-state index in [-0.39, 0.29) is 11.5 Å². The quantitative estimate of drug-likeness (QED) is 0.701. The SMILES string of the molecule is CCc1ccc(CO)cc1S(=O)(=O)NCCCOC. The van der Waals surface area contributed by atoms with Gasteiger partial charge in [0.15, 0.2) is 0 Å². The molecule has 0 fully saturated rings. The second kappa shape index (κ2) is 7.59. The first kappa shape index (κ1) is 16.1. The van der Waals surface area contributed by atoms with Crippen molar-refractivity contribution in [2.24, 2.45) is 0 Å². The monoisotopic (exact) mass is 287 g/mol. The molecule has 0 unspecified atom stereocenters. The summed E-state index contributed by atoms with van der Waals surface area (Å²) >= 11 is 0. The van der Waals surface area contributed by atoms with Crippen molar-refractivity contribution in [1.29, 1.82) is 0 Å². The molecule has 0 bridgehead atoms. The summed E-state index contributed by atoms with van der Waals surface area (Å²) in [6.45, 7) is 2.58. The van der Waals surface area contributed by atoms with Crippen molar-refractivity contribution in [1.82, 2.24) is 4.72 Å². The molecule has 1 rings (SSSR count). The lowest BCUT2D eigenvalue weighted by Crippen LogP contribution is -2.26. The van der Waals surface area contributed by atoms with Gasteiger partial charge in [-0.1, -0.05) is 19.1 Å². The van der Waals surface area contributed by atoms with Crippen molar-refractivity contribution in [2.45, 2.75) is 31.3 Å². The third-order valence-electron chi connectivity index (χ3n) is 2.80. The maximum absolute atomic E-state index is 12.2. The molecule has 0 atom stereocenters. The highest BCUT2D eigenvalue weighted by molar-refractivity contribution is 7.89. The van der Waals surface area contributed by atoms with E-state index in [1.807, 2.05) is 6.92 Å². The smallest absolute Gasteiger partial charge is 0.240 e. The van der Waals surface area contributed by atoms with Gasteiger partial charge in [-0.3, -0.25) is 0 Å². The van der Waals surface area contributed by atoms with E-state index < -0.39 is 10.0 Å². The second-order valence-electron chi connectivity index (χ2n) is 4.20. The van der Waals surface area contributed by atoms with Crippen LogP contribution in [0.15, 0.2) is 23.1 Å². The molecular weight excluding hydrogens is 266 g/mol. The zero-order chi connectivity index (χ0) is 14.3. The third kappa shape index (κ3) is 4.58. The number of nitrogens with one attached hydrogen (secondary N) is 1. The lowest BCUT2D eigenvalue weighted by atomic mass is 10.1. The molecule has 0 aliphatic heterocycles. The van der Waals surface area contributed by atoms with Crippen LogP contribution in [0.3, 0.4) is 0 Å². The van der Waals surface area contributed by atoms with E-state index in [1.165, 1.54) is 6.07 Å². The Morgan fingerprint density at radius 3 is 2.68 bits per heavy atom. The van der Waals surface area contributed by atoms with Gasteiger partial charge in [0.2, 0.25) is 10.0 Å². The Balaban J connectivity index is 2.92. The topological polar surface area (TPSA) is 75.6 Å². The summed E-state index contributed by atoms with van der Waals surface area (Å²) in [7, 11) is -1.95. The van der Waals surface area contributed by atoms with E-state index in [9.17, 15) is 8.42 Å². The highest BCUT2D eigenvalue weighted by atomic mass is 32.2.